The zero-order chi connectivity index (χ0) is 19.8. The van der Waals surface area contributed by atoms with Crippen molar-refractivity contribution in [2.24, 2.45) is 0 Å². The average Bonchev–Trinajstić information content (AvgIpc) is 2.66. The van der Waals surface area contributed by atoms with E-state index < -0.39 is 16.7 Å². The van der Waals surface area contributed by atoms with Crippen LogP contribution in [0.2, 0.25) is 0 Å². The Morgan fingerprint density at radius 1 is 1.26 bits per heavy atom. The third-order valence-electron chi connectivity index (χ3n) is 4.47. The molecule has 1 N–H and O–H groups in total. The quantitative estimate of drug-likeness (QED) is 0.435. The third-order valence-corrected chi connectivity index (χ3v) is 12.6. The van der Waals surface area contributed by atoms with Gasteiger partial charge >= 0.3 is 0 Å². The van der Waals surface area contributed by atoms with Crippen LogP contribution in [0.1, 0.15) is 51.0 Å². The first-order chi connectivity index (χ1) is 12.9. The minimum absolute atomic E-state index is 0.0814. The van der Waals surface area contributed by atoms with Crippen LogP contribution in [-0.2, 0) is 20.3 Å². The third kappa shape index (κ3) is 6.37. The smallest absolute Gasteiger partial charge is 0.276 e. The molecule has 1 aliphatic rings. The van der Waals surface area contributed by atoms with Crippen molar-refractivity contribution >= 4 is 28.1 Å². The van der Waals surface area contributed by atoms with Gasteiger partial charge in [-0.2, -0.15) is 0 Å². The zero-order valence-electron chi connectivity index (χ0n) is 15.8. The van der Waals surface area contributed by atoms with Crippen molar-refractivity contribution in [2.45, 2.75) is 57.2 Å². The Bertz CT molecular complexity index is 772. The highest BCUT2D eigenvalue weighted by atomic mass is 32.7. The van der Waals surface area contributed by atoms with E-state index in [9.17, 15) is 13.0 Å². The van der Waals surface area contributed by atoms with E-state index in [2.05, 4.69) is 11.0 Å². The van der Waals surface area contributed by atoms with Crippen molar-refractivity contribution in [3.05, 3.63) is 35.9 Å². The molecule has 0 spiro atoms. The Hall–Kier alpha value is -0.770. The maximum absolute atomic E-state index is 13.9. The Morgan fingerprint density at radius 2 is 1.93 bits per heavy atom. The van der Waals surface area contributed by atoms with Crippen molar-refractivity contribution in [3.8, 4) is 12.3 Å². The lowest BCUT2D eigenvalue weighted by molar-refractivity contribution is 0.329. The second-order valence-corrected chi connectivity index (χ2v) is 13.5. The summed E-state index contributed by atoms with van der Waals surface area (Å²) in [4.78, 5) is 0. The molecule has 1 fully saturated rings. The van der Waals surface area contributed by atoms with Gasteiger partial charge in [-0.3, -0.25) is 4.57 Å². The van der Waals surface area contributed by atoms with Crippen LogP contribution in [0.25, 0.3) is 0 Å². The van der Waals surface area contributed by atoms with Gasteiger partial charge < -0.3 is 0 Å². The number of sulfonamides is 1. The normalized spacial score (nSPS) is 18.1. The fourth-order valence-corrected chi connectivity index (χ4v) is 11.9. The summed E-state index contributed by atoms with van der Waals surface area (Å²) in [6.45, 7) is -1.35. The summed E-state index contributed by atoms with van der Waals surface area (Å²) in [5.74, 6) is 2.90. The van der Waals surface area contributed by atoms with E-state index in [0.717, 1.165) is 38.5 Å². The molecule has 2 rings (SSSR count). The lowest BCUT2D eigenvalue weighted by atomic mass is 9.96. The number of nitrogens with one attached hydrogen (secondary N) is 1. The van der Waals surface area contributed by atoms with Gasteiger partial charge in [0, 0.05) is 11.8 Å². The molecule has 1 aromatic rings. The topological polar surface area (TPSA) is 66.5 Å². The molecule has 8 heteroatoms. The van der Waals surface area contributed by atoms with Gasteiger partial charge in [0.1, 0.15) is 0 Å². The van der Waals surface area contributed by atoms with Crippen LogP contribution in [0.5, 0.6) is 0 Å². The first-order valence-corrected chi connectivity index (χ1v) is 14.3. The summed E-state index contributed by atoms with van der Waals surface area (Å²) in [7, 11) is -3.78. The molecule has 0 saturated heterocycles. The summed E-state index contributed by atoms with van der Waals surface area (Å²) in [5.41, 5.74) is 0.697. The Morgan fingerprint density at radius 3 is 2.52 bits per heavy atom. The summed E-state index contributed by atoms with van der Waals surface area (Å²) >= 11 is 1.20. The van der Waals surface area contributed by atoms with Crippen LogP contribution in [0.3, 0.4) is 0 Å². The molecule has 0 radical (unpaired) electrons. The Balaban J connectivity index is 2.41. The minimum atomic E-state index is -3.78. The minimum Gasteiger partial charge on any atom is -0.276 e. The van der Waals surface area contributed by atoms with E-state index in [1.165, 1.54) is 15.5 Å². The van der Waals surface area contributed by atoms with Gasteiger partial charge in [0.25, 0.3) is 6.65 Å². The van der Waals surface area contributed by atoms with Crippen molar-refractivity contribution < 1.29 is 13.0 Å². The molecule has 0 aromatic heterocycles. The van der Waals surface area contributed by atoms with Crippen molar-refractivity contribution in [1.82, 2.24) is 9.16 Å². The first kappa shape index (κ1) is 22.5. The molecular formula is C19H29N2O3PS2. The highest BCUT2D eigenvalue weighted by molar-refractivity contribution is 8.57. The number of rotatable bonds is 10. The van der Waals surface area contributed by atoms with Gasteiger partial charge in [-0.1, -0.05) is 73.8 Å². The first-order valence-electron chi connectivity index (χ1n) is 9.42. The number of hydrogen-bond donors (Lipinski definition) is 1. The van der Waals surface area contributed by atoms with Gasteiger partial charge in [0.2, 0.25) is 10.0 Å². The standard InChI is InChI=1S/C19H29N2O3PS2/c1-3-15-20-25(22,26-16-4-2)21(19-13-9-6-10-14-19)27(23,24)17-18-11-7-5-8-12-18/h1,5,7-8,11-12,19H,4,6,9-10,13-17H2,2H3,(H,20,22). The Kier molecular flexibility index (Phi) is 8.91. The SMILES string of the molecule is C#CCNP(=O)(SCCC)N(C1CCCCC1)S(=O)(=O)Cc1ccccc1. The van der Waals surface area contributed by atoms with Crippen molar-refractivity contribution in [2.75, 3.05) is 12.3 Å². The fourth-order valence-electron chi connectivity index (χ4n) is 3.29. The number of hydrogen-bond acceptors (Lipinski definition) is 4. The molecule has 150 valence electrons. The monoisotopic (exact) mass is 428 g/mol. The van der Waals surface area contributed by atoms with E-state index in [0.29, 0.717) is 11.3 Å². The second-order valence-electron chi connectivity index (χ2n) is 6.70. The molecule has 0 heterocycles. The van der Waals surface area contributed by atoms with Crippen LogP contribution in [0, 0.1) is 12.3 Å². The molecule has 1 saturated carbocycles. The predicted molar refractivity (Wildman–Crippen MR) is 115 cm³/mol. The van der Waals surface area contributed by atoms with Crippen molar-refractivity contribution in [1.29, 1.82) is 0 Å². The van der Waals surface area contributed by atoms with Crippen LogP contribution in [0.4, 0.5) is 0 Å². The molecule has 0 bridgehead atoms. The molecule has 1 aliphatic carbocycles. The molecule has 0 amide bonds. The highest BCUT2D eigenvalue weighted by Crippen LogP contribution is 2.61. The zero-order valence-corrected chi connectivity index (χ0v) is 18.4. The maximum atomic E-state index is 13.9. The van der Waals surface area contributed by atoms with Gasteiger partial charge in [-0.05, 0) is 24.8 Å². The number of benzene rings is 1. The van der Waals surface area contributed by atoms with Gasteiger partial charge in [-0.25, -0.2) is 13.5 Å². The van der Waals surface area contributed by atoms with Gasteiger partial charge in [-0.15, -0.1) is 10.5 Å². The maximum Gasteiger partial charge on any atom is 0.283 e. The largest absolute Gasteiger partial charge is 0.283 e. The highest BCUT2D eigenvalue weighted by Gasteiger charge is 2.44. The predicted octanol–water partition coefficient (Wildman–Crippen LogP) is 4.63. The van der Waals surface area contributed by atoms with Crippen molar-refractivity contribution in [3.63, 3.8) is 0 Å². The van der Waals surface area contributed by atoms with Gasteiger partial charge in [0.05, 0.1) is 12.3 Å². The van der Waals surface area contributed by atoms with Crippen LogP contribution >= 0.6 is 18.0 Å². The second kappa shape index (κ2) is 10.7. The van der Waals surface area contributed by atoms with E-state index in [4.69, 9.17) is 6.42 Å². The Labute approximate surface area is 168 Å². The van der Waals surface area contributed by atoms with E-state index >= 15 is 0 Å². The summed E-state index contributed by atoms with van der Waals surface area (Å²) in [6.07, 6.45) is 10.6. The summed E-state index contributed by atoms with van der Waals surface area (Å²) in [5, 5.41) is 2.90. The van der Waals surface area contributed by atoms with E-state index in [-0.39, 0.29) is 18.3 Å². The average molecular weight is 429 g/mol. The van der Waals surface area contributed by atoms with Gasteiger partial charge in [0.15, 0.2) is 0 Å². The van der Waals surface area contributed by atoms with Crippen LogP contribution in [-0.4, -0.2) is 30.8 Å². The fraction of sp³-hybridized carbons (Fsp3) is 0.579. The lowest BCUT2D eigenvalue weighted by Gasteiger charge is -2.38. The van der Waals surface area contributed by atoms with Crippen LogP contribution in [0.15, 0.2) is 30.3 Å². The molecule has 1 unspecified atom stereocenters. The lowest BCUT2D eigenvalue weighted by Crippen LogP contribution is -2.42. The molecule has 1 atom stereocenters. The summed E-state index contributed by atoms with van der Waals surface area (Å²) < 4.78 is 42.0. The summed E-state index contributed by atoms with van der Waals surface area (Å²) in [6, 6.07) is 8.82. The van der Waals surface area contributed by atoms with E-state index in [1.54, 1.807) is 12.1 Å². The molecular weight excluding hydrogens is 399 g/mol. The molecule has 5 nitrogen and oxygen atoms in total. The number of nitrogens with zero attached hydrogens (tertiary/aromatic N) is 1. The number of terminal acetylenes is 1. The van der Waals surface area contributed by atoms with Crippen LogP contribution < -0.4 is 5.09 Å². The van der Waals surface area contributed by atoms with E-state index in [1.807, 2.05) is 25.1 Å². The molecule has 0 aliphatic heterocycles. The molecule has 27 heavy (non-hydrogen) atoms. The molecule has 1 aromatic carbocycles.